The zero-order chi connectivity index (χ0) is 22.8. The first-order chi connectivity index (χ1) is 15.7. The van der Waals surface area contributed by atoms with Gasteiger partial charge in [0.05, 0.1) is 11.9 Å². The summed E-state index contributed by atoms with van der Waals surface area (Å²) in [6.45, 7) is 7.70. The van der Waals surface area contributed by atoms with Crippen LogP contribution >= 0.6 is 0 Å². The van der Waals surface area contributed by atoms with Crippen LogP contribution in [0.5, 0.6) is 0 Å². The molecule has 32 heavy (non-hydrogen) atoms. The Hall–Kier alpha value is -3.55. The number of rotatable bonds is 8. The summed E-state index contributed by atoms with van der Waals surface area (Å²) in [6.07, 6.45) is 15.0. The average molecular weight is 425 g/mol. The molecule has 0 unspecified atom stereocenters. The van der Waals surface area contributed by atoms with Crippen LogP contribution in [0, 0.1) is 12.8 Å². The monoisotopic (exact) mass is 424 g/mol. The molecule has 3 aromatic rings. The van der Waals surface area contributed by atoms with E-state index in [0.29, 0.717) is 0 Å². The lowest BCUT2D eigenvalue weighted by atomic mass is 9.98. The van der Waals surface area contributed by atoms with Gasteiger partial charge in [0.1, 0.15) is 0 Å². The minimum absolute atomic E-state index is 0.742. The van der Waals surface area contributed by atoms with Crippen LogP contribution in [0.4, 0.5) is 11.4 Å². The summed E-state index contributed by atoms with van der Waals surface area (Å²) in [7, 11) is 1.96. The number of nitrogens with one attached hydrogen (secondary N) is 2. The van der Waals surface area contributed by atoms with E-state index in [1.165, 1.54) is 48.2 Å². The van der Waals surface area contributed by atoms with Gasteiger partial charge in [0.25, 0.3) is 0 Å². The van der Waals surface area contributed by atoms with E-state index in [2.05, 4.69) is 82.4 Å². The smallest absolute Gasteiger partial charge is 0.0568 e. The van der Waals surface area contributed by atoms with Crippen LogP contribution in [0.3, 0.4) is 0 Å². The quantitative estimate of drug-likeness (QED) is 0.448. The number of hydrogen-bond acceptors (Lipinski definition) is 4. The van der Waals surface area contributed by atoms with Crippen LogP contribution in [0.25, 0.3) is 11.1 Å². The molecule has 4 nitrogen and oxygen atoms in total. The second-order valence-corrected chi connectivity index (χ2v) is 7.95. The number of aromatic nitrogens is 1. The summed E-state index contributed by atoms with van der Waals surface area (Å²) in [5.74, 6) is 0. The standard InChI is InChI=1S/C26H30N4.C2H2/c1-20(29-25-9-6-12-28-18-25)15-24-17-23(10-11-26(24)27-2)22-8-5-7-21(16-22)19-30-13-3-4-14-30;1-2/h5-12,16-18,27,29H,1,3-4,13-15,19H2,2H3;1-2H. The minimum atomic E-state index is 0.742. The van der Waals surface area contributed by atoms with Crippen LogP contribution in [-0.4, -0.2) is 30.0 Å². The van der Waals surface area contributed by atoms with Crippen molar-refractivity contribution in [2.75, 3.05) is 30.8 Å². The van der Waals surface area contributed by atoms with Gasteiger partial charge in [-0.25, -0.2) is 0 Å². The Morgan fingerprint density at radius 2 is 1.81 bits per heavy atom. The van der Waals surface area contributed by atoms with Crippen LogP contribution in [0.15, 0.2) is 79.3 Å². The van der Waals surface area contributed by atoms with E-state index in [1.54, 1.807) is 6.20 Å². The third kappa shape index (κ3) is 6.23. The lowest BCUT2D eigenvalue weighted by Gasteiger charge is -2.16. The highest BCUT2D eigenvalue weighted by Crippen LogP contribution is 2.28. The van der Waals surface area contributed by atoms with Crippen LogP contribution < -0.4 is 10.6 Å². The predicted molar refractivity (Wildman–Crippen MR) is 137 cm³/mol. The Bertz CT molecular complexity index is 1030. The van der Waals surface area contributed by atoms with Gasteiger partial charge in [0, 0.05) is 37.6 Å². The molecule has 2 aromatic carbocycles. The van der Waals surface area contributed by atoms with Gasteiger partial charge in [-0.15, -0.1) is 12.8 Å². The summed E-state index contributed by atoms with van der Waals surface area (Å²) in [5.41, 5.74) is 8.14. The van der Waals surface area contributed by atoms with Gasteiger partial charge >= 0.3 is 0 Å². The fraction of sp³-hybridized carbons (Fsp3) is 0.250. The zero-order valence-corrected chi connectivity index (χ0v) is 18.8. The topological polar surface area (TPSA) is 40.2 Å². The second kappa shape index (κ2) is 11.7. The Morgan fingerprint density at radius 3 is 2.53 bits per heavy atom. The van der Waals surface area contributed by atoms with Crippen molar-refractivity contribution in [3.63, 3.8) is 0 Å². The van der Waals surface area contributed by atoms with Crippen molar-refractivity contribution in [2.24, 2.45) is 0 Å². The zero-order valence-electron chi connectivity index (χ0n) is 18.8. The van der Waals surface area contributed by atoms with E-state index in [9.17, 15) is 0 Å². The fourth-order valence-corrected chi connectivity index (χ4v) is 4.13. The third-order valence-corrected chi connectivity index (χ3v) is 5.63. The molecule has 164 valence electrons. The van der Waals surface area contributed by atoms with Crippen molar-refractivity contribution in [2.45, 2.75) is 25.8 Å². The van der Waals surface area contributed by atoms with E-state index < -0.39 is 0 Å². The molecular weight excluding hydrogens is 392 g/mol. The van der Waals surface area contributed by atoms with Gasteiger partial charge < -0.3 is 10.6 Å². The molecule has 4 heteroatoms. The summed E-state index contributed by atoms with van der Waals surface area (Å²) in [4.78, 5) is 6.70. The predicted octanol–water partition coefficient (Wildman–Crippen LogP) is 5.80. The number of likely N-dealkylation sites (tertiary alicyclic amines) is 1. The molecule has 1 aliphatic rings. The lowest BCUT2D eigenvalue weighted by Crippen LogP contribution is -2.18. The van der Waals surface area contributed by atoms with E-state index >= 15 is 0 Å². The van der Waals surface area contributed by atoms with Crippen LogP contribution in [0.2, 0.25) is 0 Å². The normalized spacial score (nSPS) is 13.1. The van der Waals surface area contributed by atoms with Crippen molar-refractivity contribution in [3.05, 3.63) is 90.4 Å². The SMILES string of the molecule is C#C.C=C(Cc1cc(-c2cccc(CN3CCCC3)c2)ccc1NC)Nc1cccnc1. The fourth-order valence-electron chi connectivity index (χ4n) is 4.13. The molecule has 0 bridgehead atoms. The van der Waals surface area contributed by atoms with Crippen molar-refractivity contribution in [1.29, 1.82) is 0 Å². The summed E-state index contributed by atoms with van der Waals surface area (Å²) in [6, 6.07) is 19.5. The first kappa shape index (κ1) is 23.1. The second-order valence-electron chi connectivity index (χ2n) is 7.95. The van der Waals surface area contributed by atoms with E-state index in [0.717, 1.165) is 30.0 Å². The van der Waals surface area contributed by atoms with Crippen molar-refractivity contribution >= 4 is 11.4 Å². The maximum Gasteiger partial charge on any atom is 0.0568 e. The van der Waals surface area contributed by atoms with Gasteiger partial charge in [-0.1, -0.05) is 30.8 Å². The molecule has 0 aliphatic carbocycles. The summed E-state index contributed by atoms with van der Waals surface area (Å²) >= 11 is 0. The number of anilines is 2. The molecule has 0 spiro atoms. The molecule has 2 heterocycles. The molecule has 0 saturated carbocycles. The third-order valence-electron chi connectivity index (χ3n) is 5.63. The number of hydrogen-bond donors (Lipinski definition) is 2. The van der Waals surface area contributed by atoms with Crippen molar-refractivity contribution in [3.8, 4) is 24.0 Å². The average Bonchev–Trinajstić information content (AvgIpc) is 3.34. The van der Waals surface area contributed by atoms with Crippen molar-refractivity contribution < 1.29 is 0 Å². The molecule has 0 amide bonds. The molecule has 1 aromatic heterocycles. The van der Waals surface area contributed by atoms with E-state index in [-0.39, 0.29) is 0 Å². The lowest BCUT2D eigenvalue weighted by molar-refractivity contribution is 0.331. The highest BCUT2D eigenvalue weighted by atomic mass is 15.1. The number of nitrogens with zero attached hydrogens (tertiary/aromatic N) is 2. The molecular formula is C28H32N4. The highest BCUT2D eigenvalue weighted by Gasteiger charge is 2.12. The molecule has 2 N–H and O–H groups in total. The number of pyridine rings is 1. The van der Waals surface area contributed by atoms with Gasteiger partial charge in [-0.2, -0.15) is 0 Å². The Morgan fingerprint density at radius 1 is 1.03 bits per heavy atom. The van der Waals surface area contributed by atoms with Crippen molar-refractivity contribution in [1.82, 2.24) is 9.88 Å². The molecule has 0 radical (unpaired) electrons. The van der Waals surface area contributed by atoms with Gasteiger partial charge in [0.2, 0.25) is 0 Å². The number of terminal acetylenes is 1. The Balaban J connectivity index is 0.00000141. The Kier molecular flexibility index (Phi) is 8.48. The Labute approximate surface area is 192 Å². The highest BCUT2D eigenvalue weighted by molar-refractivity contribution is 5.69. The number of allylic oxidation sites excluding steroid dienone is 1. The van der Waals surface area contributed by atoms with E-state index in [1.807, 2.05) is 25.4 Å². The summed E-state index contributed by atoms with van der Waals surface area (Å²) in [5, 5.41) is 6.68. The van der Waals surface area contributed by atoms with Gasteiger partial charge in [0.15, 0.2) is 0 Å². The minimum Gasteiger partial charge on any atom is -0.388 e. The maximum absolute atomic E-state index is 4.22. The molecule has 1 fully saturated rings. The molecule has 1 aliphatic heterocycles. The van der Waals surface area contributed by atoms with Gasteiger partial charge in [-0.05, 0) is 78.5 Å². The maximum atomic E-state index is 4.22. The first-order valence-corrected chi connectivity index (χ1v) is 11.0. The number of benzene rings is 2. The van der Waals surface area contributed by atoms with E-state index in [4.69, 9.17) is 0 Å². The molecule has 0 atom stereocenters. The first-order valence-electron chi connectivity index (χ1n) is 11.0. The van der Waals surface area contributed by atoms with Gasteiger partial charge in [-0.3, -0.25) is 9.88 Å². The van der Waals surface area contributed by atoms with Crippen LogP contribution in [0.1, 0.15) is 24.0 Å². The van der Waals surface area contributed by atoms with Crippen LogP contribution in [-0.2, 0) is 13.0 Å². The summed E-state index contributed by atoms with van der Waals surface area (Å²) < 4.78 is 0. The molecule has 4 rings (SSSR count). The largest absolute Gasteiger partial charge is 0.388 e. The molecule has 1 saturated heterocycles.